The molecule has 0 radical (unpaired) electrons. The van der Waals surface area contributed by atoms with Gasteiger partial charge in [0.15, 0.2) is 0 Å². The van der Waals surface area contributed by atoms with E-state index >= 15 is 0 Å². The van der Waals surface area contributed by atoms with E-state index in [9.17, 15) is 13.4 Å². The van der Waals surface area contributed by atoms with E-state index in [2.05, 4.69) is 20.8 Å². The van der Waals surface area contributed by atoms with E-state index in [0.717, 1.165) is 25.7 Å². The first-order valence-electron chi connectivity index (χ1n) is 15.0. The molecule has 5 heteroatoms. The van der Waals surface area contributed by atoms with Crippen molar-refractivity contribution >= 4 is 27.2 Å². The zero-order valence-electron chi connectivity index (χ0n) is 24.0. The SMILES string of the molecule is CCCCCCCCCCCCCCCCCCC(CC(C)C)(C(=O)CCC(C)C)C(=O)[O][Al]=[O]. The van der Waals surface area contributed by atoms with Crippen LogP contribution in [0.1, 0.15) is 163 Å². The standard InChI is InChI=1S/C30H58O3.Al.O/c1-6-7-8-9-10-11-12-13-14-15-16-17-18-19-20-21-24-30(29(32)33,25-27(4)5)28(31)23-22-26(2)3;;/h26-27H,6-25H2,1-5H3,(H,32,33);;/q;+1;/p-1. The second-order valence-electron chi connectivity index (χ2n) is 11.6. The Bertz CT molecular complexity index is 546. The van der Waals surface area contributed by atoms with E-state index in [1.807, 2.05) is 13.8 Å². The minimum atomic E-state index is -1.63. The van der Waals surface area contributed by atoms with E-state index < -0.39 is 26.9 Å². The average Bonchev–Trinajstić information content (AvgIpc) is 2.81. The number of Topliss-reactive ketones (excluding diaryl/α,β-unsaturated/α-hetero) is 1. The number of carbonyl (C=O) groups is 2. The molecule has 0 saturated heterocycles. The van der Waals surface area contributed by atoms with Gasteiger partial charge in [-0.3, -0.25) is 0 Å². The van der Waals surface area contributed by atoms with Crippen molar-refractivity contribution in [1.82, 2.24) is 0 Å². The molecule has 0 N–H and O–H groups in total. The third-order valence-corrected chi connectivity index (χ3v) is 7.55. The number of rotatable bonds is 25. The van der Waals surface area contributed by atoms with Gasteiger partial charge in [0, 0.05) is 0 Å². The van der Waals surface area contributed by atoms with Gasteiger partial charge in [0.05, 0.1) is 0 Å². The van der Waals surface area contributed by atoms with Gasteiger partial charge >= 0.3 is 166 Å². The molecule has 4 nitrogen and oxygen atoms in total. The Labute approximate surface area is 224 Å². The Kier molecular flexibility index (Phi) is 22.3. The Morgan fingerprint density at radius 2 is 1.11 bits per heavy atom. The molecule has 0 rings (SSSR count). The molecule has 0 bridgehead atoms. The summed E-state index contributed by atoms with van der Waals surface area (Å²) in [6, 6.07) is 0. The molecule has 0 aromatic rings. The van der Waals surface area contributed by atoms with Crippen molar-refractivity contribution in [3.8, 4) is 0 Å². The Hall–Kier alpha value is -0.528. The Balaban J connectivity index is 4.23. The molecule has 1 unspecified atom stereocenters. The van der Waals surface area contributed by atoms with E-state index in [1.54, 1.807) is 0 Å². The maximum atomic E-state index is 13.2. The molecule has 0 aliphatic heterocycles. The number of unbranched alkanes of at least 4 members (excludes halogenated alkanes) is 15. The van der Waals surface area contributed by atoms with Crippen LogP contribution in [0, 0.1) is 17.3 Å². The zero-order chi connectivity index (χ0) is 26.4. The molecule has 0 aromatic carbocycles. The minimum absolute atomic E-state index is 0.0151. The van der Waals surface area contributed by atoms with Gasteiger partial charge in [-0.05, 0) is 0 Å². The first-order valence-corrected chi connectivity index (χ1v) is 15.9. The fraction of sp³-hybridized carbons (Fsp3) is 0.933. The topological polar surface area (TPSA) is 60.4 Å². The van der Waals surface area contributed by atoms with Gasteiger partial charge in [0.2, 0.25) is 0 Å². The molecule has 0 heterocycles. The van der Waals surface area contributed by atoms with Crippen LogP contribution in [0.15, 0.2) is 0 Å². The summed E-state index contributed by atoms with van der Waals surface area (Å²) < 4.78 is 16.1. The number of ketones is 1. The van der Waals surface area contributed by atoms with Crippen LogP contribution in [0.25, 0.3) is 0 Å². The second-order valence-corrected chi connectivity index (χ2v) is 12.0. The van der Waals surface area contributed by atoms with Crippen molar-refractivity contribution in [2.75, 3.05) is 0 Å². The molecule has 0 aliphatic rings. The maximum absolute atomic E-state index is 13.2. The third kappa shape index (κ3) is 17.5. The predicted octanol–water partition coefficient (Wildman–Crippen LogP) is 9.18. The molecular weight excluding hydrogens is 451 g/mol. The summed E-state index contributed by atoms with van der Waals surface area (Å²) in [7, 11) is 0. The van der Waals surface area contributed by atoms with Crippen molar-refractivity contribution in [3.05, 3.63) is 0 Å². The number of carbonyl (C=O) groups excluding carboxylic acids is 2. The molecule has 0 fully saturated rings. The van der Waals surface area contributed by atoms with E-state index in [0.29, 0.717) is 25.2 Å². The van der Waals surface area contributed by atoms with Crippen molar-refractivity contribution in [2.24, 2.45) is 17.3 Å². The molecular formula is C30H57AlO4. The van der Waals surface area contributed by atoms with Gasteiger partial charge < -0.3 is 0 Å². The summed E-state index contributed by atoms with van der Waals surface area (Å²) in [6.45, 7) is 10.5. The van der Waals surface area contributed by atoms with Crippen LogP contribution < -0.4 is 0 Å². The molecule has 0 spiro atoms. The molecule has 1 atom stereocenters. The predicted molar refractivity (Wildman–Crippen MR) is 148 cm³/mol. The summed E-state index contributed by atoms with van der Waals surface area (Å²) >= 11 is -1.63. The van der Waals surface area contributed by atoms with Gasteiger partial charge in [0.25, 0.3) is 0 Å². The average molecular weight is 509 g/mol. The summed E-state index contributed by atoms with van der Waals surface area (Å²) in [5.41, 5.74) is -1.11. The summed E-state index contributed by atoms with van der Waals surface area (Å²) in [5.74, 6) is 0.0466. The van der Waals surface area contributed by atoms with Crippen LogP contribution in [0.4, 0.5) is 0 Å². The summed E-state index contributed by atoms with van der Waals surface area (Å²) in [4.78, 5) is 26.1. The zero-order valence-corrected chi connectivity index (χ0v) is 25.2. The molecule has 0 amide bonds. The first-order chi connectivity index (χ1) is 16.8. The molecule has 0 aliphatic carbocycles. The molecule has 0 saturated carbocycles. The molecule has 204 valence electrons. The van der Waals surface area contributed by atoms with Crippen LogP contribution in [0.5, 0.6) is 0 Å². The molecule has 35 heavy (non-hydrogen) atoms. The fourth-order valence-corrected chi connectivity index (χ4v) is 5.45. The van der Waals surface area contributed by atoms with Crippen LogP contribution in [-0.4, -0.2) is 27.2 Å². The van der Waals surface area contributed by atoms with Gasteiger partial charge in [-0.2, -0.15) is 0 Å². The Morgan fingerprint density at radius 1 is 0.686 bits per heavy atom. The summed E-state index contributed by atoms with van der Waals surface area (Å²) in [5, 5.41) is 0. The van der Waals surface area contributed by atoms with Gasteiger partial charge in [-0.1, -0.05) is 58.3 Å². The quantitative estimate of drug-likeness (QED) is 0.0700. The first kappa shape index (κ1) is 34.5. The van der Waals surface area contributed by atoms with Crippen molar-refractivity contribution in [1.29, 1.82) is 0 Å². The van der Waals surface area contributed by atoms with Crippen LogP contribution in [0.2, 0.25) is 0 Å². The van der Waals surface area contributed by atoms with Crippen molar-refractivity contribution in [2.45, 2.75) is 163 Å². The van der Waals surface area contributed by atoms with Crippen molar-refractivity contribution < 1.29 is 17.2 Å². The van der Waals surface area contributed by atoms with Crippen molar-refractivity contribution in [3.63, 3.8) is 0 Å². The second kappa shape index (κ2) is 22.7. The monoisotopic (exact) mass is 508 g/mol. The van der Waals surface area contributed by atoms with E-state index in [-0.39, 0.29) is 11.7 Å². The summed E-state index contributed by atoms with van der Waals surface area (Å²) in [6.07, 6.45) is 22.9. The van der Waals surface area contributed by atoms with Gasteiger partial charge in [-0.25, -0.2) is 0 Å². The number of hydrogen-bond acceptors (Lipinski definition) is 4. The Morgan fingerprint density at radius 3 is 1.49 bits per heavy atom. The van der Waals surface area contributed by atoms with Gasteiger partial charge in [-0.15, -0.1) is 0 Å². The third-order valence-electron chi connectivity index (χ3n) is 7.24. The number of hydrogen-bond donors (Lipinski definition) is 0. The fourth-order valence-electron chi connectivity index (χ4n) is 5.14. The van der Waals surface area contributed by atoms with Crippen LogP contribution in [-0.2, 0) is 17.2 Å². The normalized spacial score (nSPS) is 13.1. The van der Waals surface area contributed by atoms with E-state index in [4.69, 9.17) is 3.79 Å². The van der Waals surface area contributed by atoms with Gasteiger partial charge in [0.1, 0.15) is 0 Å². The molecule has 0 aromatic heterocycles. The van der Waals surface area contributed by atoms with E-state index in [1.165, 1.54) is 83.5 Å². The van der Waals surface area contributed by atoms with Crippen LogP contribution >= 0.6 is 0 Å². The van der Waals surface area contributed by atoms with Crippen LogP contribution in [0.3, 0.4) is 0 Å².